The molecular weight excluding hydrogens is 298 g/mol. The maximum Gasteiger partial charge on any atom is 0.226 e. The molecule has 0 fully saturated rings. The number of nitrogens with zero attached hydrogens (tertiary/aromatic N) is 4. The summed E-state index contributed by atoms with van der Waals surface area (Å²) in [7, 11) is 1.88. The van der Waals surface area contributed by atoms with Crippen molar-refractivity contribution in [3.63, 3.8) is 0 Å². The zero-order chi connectivity index (χ0) is 15.1. The van der Waals surface area contributed by atoms with Crippen molar-refractivity contribution >= 4 is 23.1 Å². The smallest absolute Gasteiger partial charge is 0.226 e. The van der Waals surface area contributed by atoms with Crippen LogP contribution in [0.1, 0.15) is 28.3 Å². The Morgan fingerprint density at radius 3 is 3.05 bits per heavy atom. The van der Waals surface area contributed by atoms with Gasteiger partial charge in [0.1, 0.15) is 5.82 Å². The second-order valence-electron chi connectivity index (χ2n) is 5.44. The van der Waals surface area contributed by atoms with Crippen LogP contribution in [0.3, 0.4) is 0 Å². The van der Waals surface area contributed by atoms with Crippen LogP contribution in [0.15, 0.2) is 36.1 Å². The van der Waals surface area contributed by atoms with Gasteiger partial charge in [0.05, 0.1) is 18.9 Å². The summed E-state index contributed by atoms with van der Waals surface area (Å²) < 4.78 is 3.62. The average molecular weight is 313 g/mol. The van der Waals surface area contributed by atoms with E-state index in [0.717, 1.165) is 16.9 Å². The molecule has 0 radical (unpaired) electrons. The summed E-state index contributed by atoms with van der Waals surface area (Å²) in [6.45, 7) is 0.674. The van der Waals surface area contributed by atoms with Crippen molar-refractivity contribution in [2.24, 2.45) is 7.05 Å². The average Bonchev–Trinajstić information content (AvgIpc) is 3.21. The fourth-order valence-corrected chi connectivity index (χ4v) is 3.54. The molecule has 0 unspecified atom stereocenters. The minimum atomic E-state index is 0.0225. The number of hydrogen-bond donors (Lipinski definition) is 1. The standard InChI is InChI=1S/C15H15N5OS/c1-19-8-10(6-16-19)12-5-14(21)18-15-13(12)7-17-20(15)9-11-3-2-4-22-11/h2-4,6-8,12H,5,9H2,1H3,(H,18,21)/t12-/m0/s1. The number of rotatable bonds is 3. The molecule has 7 heteroatoms. The molecule has 4 heterocycles. The Morgan fingerprint density at radius 2 is 2.32 bits per heavy atom. The van der Waals surface area contributed by atoms with Crippen LogP contribution in [-0.2, 0) is 18.4 Å². The third-order valence-electron chi connectivity index (χ3n) is 3.90. The Bertz CT molecular complexity index is 817. The molecule has 0 aliphatic carbocycles. The van der Waals surface area contributed by atoms with E-state index in [1.54, 1.807) is 16.0 Å². The summed E-state index contributed by atoms with van der Waals surface area (Å²) in [4.78, 5) is 13.3. The predicted molar refractivity (Wildman–Crippen MR) is 83.9 cm³/mol. The van der Waals surface area contributed by atoms with Crippen LogP contribution in [-0.4, -0.2) is 25.5 Å². The lowest BCUT2D eigenvalue weighted by Crippen LogP contribution is -2.24. The lowest BCUT2D eigenvalue weighted by atomic mass is 9.89. The molecule has 1 N–H and O–H groups in total. The molecule has 0 saturated heterocycles. The molecule has 6 nitrogen and oxygen atoms in total. The Balaban J connectivity index is 1.72. The first kappa shape index (κ1) is 13.3. The molecule has 1 aliphatic heterocycles. The summed E-state index contributed by atoms with van der Waals surface area (Å²) in [6, 6.07) is 4.09. The molecule has 0 spiro atoms. The molecule has 1 aliphatic rings. The van der Waals surface area contributed by atoms with Gasteiger partial charge in [-0.05, 0) is 17.0 Å². The van der Waals surface area contributed by atoms with Crippen LogP contribution in [0.4, 0.5) is 5.82 Å². The van der Waals surface area contributed by atoms with E-state index in [-0.39, 0.29) is 11.8 Å². The molecule has 112 valence electrons. The molecule has 0 saturated carbocycles. The van der Waals surface area contributed by atoms with Gasteiger partial charge in [-0.1, -0.05) is 6.07 Å². The largest absolute Gasteiger partial charge is 0.311 e. The van der Waals surface area contributed by atoms with Gasteiger partial charge in [0, 0.05) is 36.0 Å². The highest BCUT2D eigenvalue weighted by Gasteiger charge is 2.30. The Kier molecular flexibility index (Phi) is 3.07. The number of carbonyl (C=O) groups is 1. The van der Waals surface area contributed by atoms with Crippen molar-refractivity contribution in [1.29, 1.82) is 0 Å². The van der Waals surface area contributed by atoms with Crippen LogP contribution >= 0.6 is 11.3 Å². The van der Waals surface area contributed by atoms with Crippen molar-refractivity contribution in [1.82, 2.24) is 19.6 Å². The molecule has 4 rings (SSSR count). The fourth-order valence-electron chi connectivity index (χ4n) is 2.86. The van der Waals surface area contributed by atoms with E-state index in [1.807, 2.05) is 41.8 Å². The van der Waals surface area contributed by atoms with Gasteiger partial charge < -0.3 is 5.32 Å². The monoisotopic (exact) mass is 313 g/mol. The first-order chi connectivity index (χ1) is 10.7. The van der Waals surface area contributed by atoms with Gasteiger partial charge in [0.25, 0.3) is 0 Å². The van der Waals surface area contributed by atoms with Crippen LogP contribution in [0.2, 0.25) is 0 Å². The van der Waals surface area contributed by atoms with Crippen LogP contribution in [0, 0.1) is 0 Å². The van der Waals surface area contributed by atoms with Crippen molar-refractivity contribution in [2.45, 2.75) is 18.9 Å². The van der Waals surface area contributed by atoms with E-state index in [9.17, 15) is 4.79 Å². The van der Waals surface area contributed by atoms with Crippen LogP contribution in [0.5, 0.6) is 0 Å². The van der Waals surface area contributed by atoms with Gasteiger partial charge in [0.15, 0.2) is 0 Å². The number of thiophene rings is 1. The number of amides is 1. The van der Waals surface area contributed by atoms with Gasteiger partial charge in [-0.15, -0.1) is 11.3 Å². The lowest BCUT2D eigenvalue weighted by molar-refractivity contribution is -0.116. The first-order valence-corrected chi connectivity index (χ1v) is 7.95. The summed E-state index contributed by atoms with van der Waals surface area (Å²) >= 11 is 1.69. The maximum absolute atomic E-state index is 12.1. The molecule has 22 heavy (non-hydrogen) atoms. The SMILES string of the molecule is Cn1cc([C@@H]2CC(=O)Nc3c2cnn3Cc2cccs2)cn1. The van der Waals surface area contributed by atoms with E-state index in [0.29, 0.717) is 13.0 Å². The van der Waals surface area contributed by atoms with Crippen LogP contribution < -0.4 is 5.32 Å². The maximum atomic E-state index is 12.1. The second-order valence-corrected chi connectivity index (χ2v) is 6.47. The molecule has 3 aromatic heterocycles. The van der Waals surface area contributed by atoms with Crippen molar-refractivity contribution in [2.75, 3.05) is 5.32 Å². The summed E-state index contributed by atoms with van der Waals surface area (Å²) in [5.74, 6) is 0.849. The number of carbonyl (C=O) groups excluding carboxylic acids is 1. The fraction of sp³-hybridized carbons (Fsp3) is 0.267. The van der Waals surface area contributed by atoms with Crippen molar-refractivity contribution in [3.8, 4) is 0 Å². The third-order valence-corrected chi connectivity index (χ3v) is 4.76. The van der Waals surface area contributed by atoms with E-state index >= 15 is 0 Å². The summed E-state index contributed by atoms with van der Waals surface area (Å²) in [5, 5.41) is 13.7. The number of anilines is 1. The molecular formula is C15H15N5OS. The Morgan fingerprint density at radius 1 is 1.41 bits per heavy atom. The number of hydrogen-bond acceptors (Lipinski definition) is 4. The molecule has 3 aromatic rings. The molecule has 1 amide bonds. The van der Waals surface area contributed by atoms with E-state index in [1.165, 1.54) is 4.88 Å². The summed E-state index contributed by atoms with van der Waals surface area (Å²) in [5.41, 5.74) is 2.11. The highest BCUT2D eigenvalue weighted by atomic mass is 32.1. The van der Waals surface area contributed by atoms with Gasteiger partial charge in [-0.2, -0.15) is 10.2 Å². The predicted octanol–water partition coefficient (Wildman–Crippen LogP) is 2.20. The highest BCUT2D eigenvalue weighted by Crippen LogP contribution is 2.37. The molecule has 0 aromatic carbocycles. The zero-order valence-corrected chi connectivity index (χ0v) is 12.9. The van der Waals surface area contributed by atoms with Crippen molar-refractivity contribution < 1.29 is 4.79 Å². The third kappa shape index (κ3) is 2.23. The summed E-state index contributed by atoms with van der Waals surface area (Å²) in [6.07, 6.45) is 6.08. The highest BCUT2D eigenvalue weighted by molar-refractivity contribution is 7.09. The number of aryl methyl sites for hydroxylation is 1. The van der Waals surface area contributed by atoms with Crippen molar-refractivity contribution in [3.05, 3.63) is 52.1 Å². The first-order valence-electron chi connectivity index (χ1n) is 7.07. The molecule has 0 bridgehead atoms. The lowest BCUT2D eigenvalue weighted by Gasteiger charge is -2.22. The zero-order valence-electron chi connectivity index (χ0n) is 12.1. The van der Waals surface area contributed by atoms with Gasteiger partial charge in [-0.3, -0.25) is 9.48 Å². The van der Waals surface area contributed by atoms with Gasteiger partial charge in [0.2, 0.25) is 5.91 Å². The van der Waals surface area contributed by atoms with E-state index in [4.69, 9.17) is 0 Å². The quantitative estimate of drug-likeness (QED) is 0.806. The van der Waals surface area contributed by atoms with Gasteiger partial charge >= 0.3 is 0 Å². The molecule has 1 atom stereocenters. The Hall–Kier alpha value is -2.41. The Labute approximate surface area is 131 Å². The van der Waals surface area contributed by atoms with Crippen LogP contribution in [0.25, 0.3) is 0 Å². The minimum Gasteiger partial charge on any atom is -0.311 e. The number of aromatic nitrogens is 4. The number of fused-ring (bicyclic) bond motifs is 1. The van der Waals surface area contributed by atoms with Gasteiger partial charge in [-0.25, -0.2) is 4.68 Å². The van der Waals surface area contributed by atoms with E-state index < -0.39 is 0 Å². The normalized spacial score (nSPS) is 17.3. The number of nitrogens with one attached hydrogen (secondary N) is 1. The second kappa shape index (κ2) is 5.10. The topological polar surface area (TPSA) is 64.7 Å². The van der Waals surface area contributed by atoms with E-state index in [2.05, 4.69) is 21.6 Å². The minimum absolute atomic E-state index is 0.0225.